The minimum absolute atomic E-state index is 0.332. The molecule has 0 aliphatic rings. The Balaban J connectivity index is 1.84. The van der Waals surface area contributed by atoms with E-state index in [2.05, 4.69) is 5.18 Å². The van der Waals surface area contributed by atoms with Gasteiger partial charge in [0.25, 0.3) is 0 Å². The molecule has 4 rings (SSSR count). The highest BCUT2D eigenvalue weighted by Crippen LogP contribution is 2.34. The summed E-state index contributed by atoms with van der Waals surface area (Å²) < 4.78 is 5.60. The number of hydrogen-bond donors (Lipinski definition) is 0. The van der Waals surface area contributed by atoms with E-state index < -0.39 is 0 Å². The lowest BCUT2D eigenvalue weighted by Gasteiger charge is -2.10. The summed E-state index contributed by atoms with van der Waals surface area (Å²) in [6.07, 6.45) is 0.358. The number of rotatable bonds is 4. The van der Waals surface area contributed by atoms with E-state index in [9.17, 15) is 9.70 Å². The van der Waals surface area contributed by atoms with Gasteiger partial charge in [-0.2, -0.15) is 11.3 Å². The Hall–Kier alpha value is -2.76. The van der Waals surface area contributed by atoms with Crippen molar-refractivity contribution >= 4 is 39.6 Å². The van der Waals surface area contributed by atoms with Crippen molar-refractivity contribution in [2.75, 3.05) is 0 Å². The molecule has 134 valence electrons. The van der Waals surface area contributed by atoms with Gasteiger partial charge in [0.1, 0.15) is 11.3 Å². The molecule has 4 aromatic rings. The fourth-order valence-electron chi connectivity index (χ4n) is 3.18. The van der Waals surface area contributed by atoms with E-state index in [1.54, 1.807) is 29.5 Å². The van der Waals surface area contributed by atoms with E-state index in [-0.39, 0.29) is 5.63 Å². The van der Waals surface area contributed by atoms with Gasteiger partial charge in [-0.25, -0.2) is 4.79 Å². The Morgan fingerprint density at radius 3 is 2.78 bits per heavy atom. The SMILES string of the molecule is Cc1c(Cc2cccc(N=O)c2)c(=O)oc2cc(-c3ccsc3)c(Cl)cc12. The Bertz CT molecular complexity index is 1210. The zero-order valence-corrected chi connectivity index (χ0v) is 15.9. The summed E-state index contributed by atoms with van der Waals surface area (Å²) in [5.74, 6) is 0. The van der Waals surface area contributed by atoms with Crippen LogP contribution in [0.25, 0.3) is 22.1 Å². The van der Waals surface area contributed by atoms with Crippen LogP contribution in [0.15, 0.2) is 67.6 Å². The van der Waals surface area contributed by atoms with Gasteiger partial charge in [0.05, 0.1) is 0 Å². The third kappa shape index (κ3) is 3.31. The van der Waals surface area contributed by atoms with Crippen LogP contribution in [0.1, 0.15) is 16.7 Å². The van der Waals surface area contributed by atoms with E-state index >= 15 is 0 Å². The summed E-state index contributed by atoms with van der Waals surface area (Å²) >= 11 is 8.08. The van der Waals surface area contributed by atoms with Crippen molar-refractivity contribution in [1.29, 1.82) is 0 Å². The Morgan fingerprint density at radius 1 is 1.19 bits per heavy atom. The molecule has 0 radical (unpaired) electrons. The highest BCUT2D eigenvalue weighted by molar-refractivity contribution is 7.08. The second-order valence-electron chi connectivity index (χ2n) is 6.27. The standard InChI is InChI=1S/C21H14ClNO3S/c1-12-16-9-19(22)18(14-5-6-27-11-14)10-20(16)26-21(24)17(12)8-13-3-2-4-15(7-13)23-25/h2-7,9-11H,8H2,1H3. The minimum Gasteiger partial charge on any atom is -0.422 e. The molecule has 0 unspecified atom stereocenters. The molecule has 27 heavy (non-hydrogen) atoms. The molecule has 0 aliphatic carbocycles. The molecule has 0 saturated carbocycles. The minimum atomic E-state index is -0.386. The molecular weight excluding hydrogens is 382 g/mol. The van der Waals surface area contributed by atoms with E-state index in [0.717, 1.165) is 27.6 Å². The number of benzene rings is 2. The predicted octanol–water partition coefficient (Wildman–Crippen LogP) is 6.47. The van der Waals surface area contributed by atoms with Crippen molar-refractivity contribution in [3.8, 4) is 11.1 Å². The molecule has 6 heteroatoms. The zero-order valence-electron chi connectivity index (χ0n) is 14.4. The van der Waals surface area contributed by atoms with Gasteiger partial charge in [-0.3, -0.25) is 0 Å². The second kappa shape index (κ2) is 7.10. The molecule has 0 spiro atoms. The maximum absolute atomic E-state index is 12.6. The van der Waals surface area contributed by atoms with Crippen LogP contribution in [-0.2, 0) is 6.42 Å². The van der Waals surface area contributed by atoms with Crippen LogP contribution in [-0.4, -0.2) is 0 Å². The van der Waals surface area contributed by atoms with Gasteiger partial charge < -0.3 is 4.42 Å². The van der Waals surface area contributed by atoms with E-state index in [4.69, 9.17) is 16.0 Å². The van der Waals surface area contributed by atoms with Crippen molar-refractivity contribution in [3.05, 3.63) is 90.3 Å². The van der Waals surface area contributed by atoms with Gasteiger partial charge in [0, 0.05) is 28.0 Å². The average molecular weight is 396 g/mol. The fraction of sp³-hybridized carbons (Fsp3) is 0.0952. The molecule has 0 N–H and O–H groups in total. The number of nitrogens with zero attached hydrogens (tertiary/aromatic N) is 1. The van der Waals surface area contributed by atoms with Crippen LogP contribution in [0.2, 0.25) is 5.02 Å². The first-order valence-electron chi connectivity index (χ1n) is 8.27. The van der Waals surface area contributed by atoms with Crippen LogP contribution >= 0.6 is 22.9 Å². The summed E-state index contributed by atoms with van der Waals surface area (Å²) in [6.45, 7) is 1.89. The summed E-state index contributed by atoms with van der Waals surface area (Å²) in [6, 6.07) is 12.5. The van der Waals surface area contributed by atoms with Crippen molar-refractivity contribution in [1.82, 2.24) is 0 Å². The maximum atomic E-state index is 12.6. The van der Waals surface area contributed by atoms with Crippen LogP contribution in [0.5, 0.6) is 0 Å². The van der Waals surface area contributed by atoms with Crippen LogP contribution in [0, 0.1) is 11.8 Å². The molecule has 0 aliphatic heterocycles. The quantitative estimate of drug-likeness (QED) is 0.294. The van der Waals surface area contributed by atoms with E-state index in [1.807, 2.05) is 41.9 Å². The average Bonchev–Trinajstić information content (AvgIpc) is 3.20. The Morgan fingerprint density at radius 2 is 2.04 bits per heavy atom. The van der Waals surface area contributed by atoms with Gasteiger partial charge in [-0.15, -0.1) is 4.91 Å². The molecule has 0 amide bonds. The summed E-state index contributed by atoms with van der Waals surface area (Å²) in [4.78, 5) is 23.4. The maximum Gasteiger partial charge on any atom is 0.340 e. The Labute approximate surface area is 164 Å². The fourth-order valence-corrected chi connectivity index (χ4v) is 4.11. The molecule has 0 atom stereocenters. The molecule has 0 bridgehead atoms. The number of halogens is 1. The summed E-state index contributed by atoms with van der Waals surface area (Å²) in [5, 5.41) is 8.33. The number of aryl methyl sites for hydroxylation is 1. The van der Waals surface area contributed by atoms with Crippen molar-refractivity contribution in [2.24, 2.45) is 5.18 Å². The molecule has 4 nitrogen and oxygen atoms in total. The van der Waals surface area contributed by atoms with Crippen molar-refractivity contribution in [2.45, 2.75) is 13.3 Å². The highest BCUT2D eigenvalue weighted by atomic mass is 35.5. The largest absolute Gasteiger partial charge is 0.422 e. The van der Waals surface area contributed by atoms with Gasteiger partial charge in [-0.1, -0.05) is 23.7 Å². The topological polar surface area (TPSA) is 59.6 Å². The molecule has 2 aromatic carbocycles. The molecule has 2 heterocycles. The van der Waals surface area contributed by atoms with E-state index in [1.165, 1.54) is 0 Å². The first-order chi connectivity index (χ1) is 13.1. The smallest absolute Gasteiger partial charge is 0.340 e. The van der Waals surface area contributed by atoms with Crippen LogP contribution in [0.3, 0.4) is 0 Å². The lowest BCUT2D eigenvalue weighted by molar-refractivity contribution is 0.551. The molecule has 0 fully saturated rings. The normalized spacial score (nSPS) is 11.0. The van der Waals surface area contributed by atoms with Crippen molar-refractivity contribution in [3.63, 3.8) is 0 Å². The summed E-state index contributed by atoms with van der Waals surface area (Å²) in [5.41, 5.74) is 4.48. The van der Waals surface area contributed by atoms with Crippen LogP contribution < -0.4 is 5.63 Å². The Kier molecular flexibility index (Phi) is 4.64. The third-order valence-corrected chi connectivity index (χ3v) is 5.60. The summed E-state index contributed by atoms with van der Waals surface area (Å²) in [7, 11) is 0. The van der Waals surface area contributed by atoms with Gasteiger partial charge in [0.15, 0.2) is 0 Å². The predicted molar refractivity (Wildman–Crippen MR) is 110 cm³/mol. The van der Waals surface area contributed by atoms with Gasteiger partial charge in [0.2, 0.25) is 0 Å². The molecule has 2 aromatic heterocycles. The first kappa shape index (κ1) is 17.6. The van der Waals surface area contributed by atoms with Gasteiger partial charge >= 0.3 is 5.63 Å². The lowest BCUT2D eigenvalue weighted by atomic mass is 9.98. The first-order valence-corrected chi connectivity index (χ1v) is 9.59. The lowest BCUT2D eigenvalue weighted by Crippen LogP contribution is -2.11. The molecule has 0 saturated heterocycles. The van der Waals surface area contributed by atoms with E-state index in [0.29, 0.717) is 28.3 Å². The number of hydrogen-bond acceptors (Lipinski definition) is 5. The van der Waals surface area contributed by atoms with Gasteiger partial charge in [-0.05, 0) is 69.9 Å². The number of fused-ring (bicyclic) bond motifs is 1. The number of thiophene rings is 1. The number of nitroso groups, excluding NO2 is 1. The molecular formula is C21H14ClNO3S. The second-order valence-corrected chi connectivity index (χ2v) is 7.46. The van der Waals surface area contributed by atoms with Crippen LogP contribution in [0.4, 0.5) is 5.69 Å². The van der Waals surface area contributed by atoms with Crippen molar-refractivity contribution < 1.29 is 4.42 Å². The zero-order chi connectivity index (χ0) is 19.0. The highest BCUT2D eigenvalue weighted by Gasteiger charge is 2.15. The third-order valence-electron chi connectivity index (χ3n) is 4.60. The monoisotopic (exact) mass is 395 g/mol.